The molecule has 0 aromatic heterocycles. The first-order chi connectivity index (χ1) is 14.1. The number of benzene rings is 2. The number of aliphatic carboxylic acids is 1. The lowest BCUT2D eigenvalue weighted by Crippen LogP contribution is -2.43. The summed E-state index contributed by atoms with van der Waals surface area (Å²) in [5, 5.41) is 9.40. The van der Waals surface area contributed by atoms with E-state index in [9.17, 15) is 14.7 Å². The Morgan fingerprint density at radius 1 is 0.966 bits per heavy atom. The smallest absolute Gasteiger partial charge is 0.309 e. The molecule has 2 aromatic carbocycles. The van der Waals surface area contributed by atoms with Gasteiger partial charge in [-0.25, -0.2) is 0 Å². The van der Waals surface area contributed by atoms with Gasteiger partial charge in [-0.05, 0) is 49.4 Å². The van der Waals surface area contributed by atoms with Crippen LogP contribution in [0.4, 0.5) is 0 Å². The number of nitrogens with zero attached hydrogens (tertiary/aromatic N) is 1. The lowest BCUT2D eigenvalue weighted by molar-refractivity contribution is -0.145. The Morgan fingerprint density at radius 2 is 1.66 bits per heavy atom. The van der Waals surface area contributed by atoms with Crippen LogP contribution in [0.2, 0.25) is 0 Å². The van der Waals surface area contributed by atoms with Gasteiger partial charge in [-0.1, -0.05) is 30.3 Å². The van der Waals surface area contributed by atoms with Crippen molar-refractivity contribution >= 4 is 11.9 Å². The van der Waals surface area contributed by atoms with Crippen LogP contribution < -0.4 is 4.74 Å². The van der Waals surface area contributed by atoms with Crippen molar-refractivity contribution in [3.63, 3.8) is 0 Å². The average molecular weight is 395 g/mol. The van der Waals surface area contributed by atoms with Crippen molar-refractivity contribution in [1.29, 1.82) is 0 Å². The van der Waals surface area contributed by atoms with E-state index in [1.807, 2.05) is 47.4 Å². The van der Waals surface area contributed by atoms with E-state index < -0.39 is 11.9 Å². The minimum atomic E-state index is -0.780. The van der Waals surface area contributed by atoms with Crippen LogP contribution in [0.1, 0.15) is 29.6 Å². The summed E-state index contributed by atoms with van der Waals surface area (Å²) >= 11 is 0. The van der Waals surface area contributed by atoms with Gasteiger partial charge in [0.1, 0.15) is 11.5 Å². The molecule has 2 atom stereocenters. The molecule has 29 heavy (non-hydrogen) atoms. The number of ether oxygens (including phenoxy) is 2. The molecule has 2 fully saturated rings. The summed E-state index contributed by atoms with van der Waals surface area (Å²) in [5.74, 6) is 0.135. The Morgan fingerprint density at radius 3 is 2.38 bits per heavy atom. The molecule has 0 bridgehead atoms. The molecule has 0 saturated carbocycles. The van der Waals surface area contributed by atoms with Gasteiger partial charge in [0, 0.05) is 19.7 Å². The maximum Gasteiger partial charge on any atom is 0.309 e. The standard InChI is InChI=1S/C23H25NO5/c25-22(18-8-4-5-9-20(18)29-17-6-2-1-3-7-17)24-13-10-16(11-14-24)21-19(23(26)27)12-15-28-21/h1-9,16,19,21H,10-15H2,(H,26,27)/t19?,21-/m0/s1. The van der Waals surface area contributed by atoms with Gasteiger partial charge in [-0.2, -0.15) is 0 Å². The second-order valence-corrected chi connectivity index (χ2v) is 7.61. The molecule has 4 rings (SSSR count). The van der Waals surface area contributed by atoms with Crippen LogP contribution in [0.15, 0.2) is 54.6 Å². The minimum absolute atomic E-state index is 0.0582. The molecule has 1 unspecified atom stereocenters. The van der Waals surface area contributed by atoms with E-state index in [1.54, 1.807) is 12.1 Å². The first kappa shape index (κ1) is 19.5. The van der Waals surface area contributed by atoms with Gasteiger partial charge >= 0.3 is 5.97 Å². The number of para-hydroxylation sites is 2. The molecule has 152 valence electrons. The third-order valence-electron chi connectivity index (χ3n) is 5.83. The number of amides is 1. The molecule has 0 spiro atoms. The number of likely N-dealkylation sites (tertiary alicyclic amines) is 1. The summed E-state index contributed by atoms with van der Waals surface area (Å²) < 4.78 is 11.7. The van der Waals surface area contributed by atoms with E-state index in [1.165, 1.54) is 0 Å². The van der Waals surface area contributed by atoms with Crippen molar-refractivity contribution < 1.29 is 24.2 Å². The second kappa shape index (κ2) is 8.66. The minimum Gasteiger partial charge on any atom is -0.481 e. The fourth-order valence-corrected chi connectivity index (χ4v) is 4.29. The first-order valence-electron chi connectivity index (χ1n) is 10.1. The van der Waals surface area contributed by atoms with Crippen LogP contribution in [0.3, 0.4) is 0 Å². The van der Waals surface area contributed by atoms with E-state index in [2.05, 4.69) is 0 Å². The maximum absolute atomic E-state index is 13.1. The lowest BCUT2D eigenvalue weighted by Gasteiger charge is -2.35. The zero-order valence-corrected chi connectivity index (χ0v) is 16.2. The highest BCUT2D eigenvalue weighted by Crippen LogP contribution is 2.34. The van der Waals surface area contributed by atoms with Crippen LogP contribution >= 0.6 is 0 Å². The van der Waals surface area contributed by atoms with Gasteiger partial charge in [-0.3, -0.25) is 9.59 Å². The highest BCUT2D eigenvalue weighted by molar-refractivity contribution is 5.97. The SMILES string of the molecule is O=C(O)C1CCO[C@H]1C1CCN(C(=O)c2ccccc2Oc2ccccc2)CC1. The van der Waals surface area contributed by atoms with E-state index in [0.717, 1.165) is 12.8 Å². The highest BCUT2D eigenvalue weighted by Gasteiger charge is 2.41. The van der Waals surface area contributed by atoms with Crippen molar-refractivity contribution in [3.05, 3.63) is 60.2 Å². The molecule has 2 aromatic rings. The quantitative estimate of drug-likeness (QED) is 0.833. The fraction of sp³-hybridized carbons (Fsp3) is 0.391. The summed E-state index contributed by atoms with van der Waals surface area (Å²) in [6.45, 7) is 1.69. The largest absolute Gasteiger partial charge is 0.481 e. The molecule has 2 aliphatic rings. The fourth-order valence-electron chi connectivity index (χ4n) is 4.29. The van der Waals surface area contributed by atoms with Gasteiger partial charge in [0.2, 0.25) is 0 Å². The third kappa shape index (κ3) is 4.27. The van der Waals surface area contributed by atoms with E-state index >= 15 is 0 Å². The highest BCUT2D eigenvalue weighted by atomic mass is 16.5. The van der Waals surface area contributed by atoms with Gasteiger partial charge in [-0.15, -0.1) is 0 Å². The molecule has 6 heteroatoms. The molecule has 2 saturated heterocycles. The molecule has 0 aliphatic carbocycles. The summed E-state index contributed by atoms with van der Waals surface area (Å²) in [6, 6.07) is 16.7. The monoisotopic (exact) mass is 395 g/mol. The summed E-state index contributed by atoms with van der Waals surface area (Å²) in [4.78, 5) is 26.4. The predicted octanol–water partition coefficient (Wildman–Crippen LogP) is 3.82. The van der Waals surface area contributed by atoms with Crippen LogP contribution in [0, 0.1) is 11.8 Å². The topological polar surface area (TPSA) is 76.1 Å². The van der Waals surface area contributed by atoms with Gasteiger partial charge in [0.05, 0.1) is 17.6 Å². The molecule has 2 aliphatic heterocycles. The zero-order chi connectivity index (χ0) is 20.2. The number of piperidine rings is 1. The Kier molecular flexibility index (Phi) is 5.81. The maximum atomic E-state index is 13.1. The Bertz CT molecular complexity index is 861. The Balaban J connectivity index is 1.42. The van der Waals surface area contributed by atoms with Gasteiger partial charge in [0.25, 0.3) is 5.91 Å². The number of carboxylic acids is 1. The summed E-state index contributed by atoms with van der Waals surface area (Å²) in [6.07, 6.45) is 1.84. The number of hydrogen-bond acceptors (Lipinski definition) is 4. The Hall–Kier alpha value is -2.86. The number of carbonyl (C=O) groups is 2. The van der Waals surface area contributed by atoms with Crippen molar-refractivity contribution in [3.8, 4) is 11.5 Å². The number of carboxylic acid groups (broad SMARTS) is 1. The molecular weight excluding hydrogens is 370 g/mol. The van der Waals surface area contributed by atoms with Crippen LogP contribution in [0.25, 0.3) is 0 Å². The molecule has 1 amide bonds. The first-order valence-corrected chi connectivity index (χ1v) is 10.1. The Labute approximate surface area is 170 Å². The van der Waals surface area contributed by atoms with Crippen LogP contribution in [0.5, 0.6) is 11.5 Å². The summed E-state index contributed by atoms with van der Waals surface area (Å²) in [5.41, 5.74) is 0.537. The van der Waals surface area contributed by atoms with E-state index in [-0.39, 0.29) is 17.9 Å². The third-order valence-corrected chi connectivity index (χ3v) is 5.83. The molecule has 6 nitrogen and oxygen atoms in total. The van der Waals surface area contributed by atoms with Crippen LogP contribution in [-0.2, 0) is 9.53 Å². The van der Waals surface area contributed by atoms with Crippen molar-refractivity contribution in [2.24, 2.45) is 11.8 Å². The van der Waals surface area contributed by atoms with Crippen molar-refractivity contribution in [2.45, 2.75) is 25.4 Å². The van der Waals surface area contributed by atoms with Gasteiger partial charge in [0.15, 0.2) is 0 Å². The van der Waals surface area contributed by atoms with Crippen molar-refractivity contribution in [2.75, 3.05) is 19.7 Å². The zero-order valence-electron chi connectivity index (χ0n) is 16.2. The predicted molar refractivity (Wildman–Crippen MR) is 107 cm³/mol. The summed E-state index contributed by atoms with van der Waals surface area (Å²) in [7, 11) is 0. The van der Waals surface area contributed by atoms with Gasteiger partial charge < -0.3 is 19.5 Å². The average Bonchev–Trinajstić information content (AvgIpc) is 3.25. The van der Waals surface area contributed by atoms with Crippen molar-refractivity contribution in [1.82, 2.24) is 4.90 Å². The molecule has 0 radical (unpaired) electrons. The number of hydrogen-bond donors (Lipinski definition) is 1. The molecule has 1 N–H and O–H groups in total. The second-order valence-electron chi connectivity index (χ2n) is 7.61. The van der Waals surface area contributed by atoms with Crippen LogP contribution in [-0.4, -0.2) is 47.7 Å². The number of rotatable bonds is 5. The van der Waals surface area contributed by atoms with E-state index in [4.69, 9.17) is 9.47 Å². The normalized spacial score (nSPS) is 22.4. The van der Waals surface area contributed by atoms with E-state index in [0.29, 0.717) is 43.2 Å². The molecular formula is C23H25NO5. The molecule has 2 heterocycles. The number of carbonyl (C=O) groups excluding carboxylic acids is 1. The lowest BCUT2D eigenvalue weighted by atomic mass is 9.84.